The minimum absolute atomic E-state index is 0.227. The predicted molar refractivity (Wildman–Crippen MR) is 69.5 cm³/mol. The zero-order valence-electron chi connectivity index (χ0n) is 10.3. The first kappa shape index (κ1) is 13.8. The molecule has 0 aliphatic heterocycles. The van der Waals surface area contributed by atoms with Crippen LogP contribution >= 0.6 is 11.6 Å². The minimum Gasteiger partial charge on any atom is -0.324 e. The molecule has 1 nitrogen and oxygen atoms in total. The van der Waals surface area contributed by atoms with Crippen LogP contribution in [0.4, 0.5) is 8.78 Å². The first-order chi connectivity index (χ1) is 8.59. The van der Waals surface area contributed by atoms with Crippen LogP contribution in [0.15, 0.2) is 12.1 Å². The molecule has 0 saturated heterocycles. The number of hydrogen-bond acceptors (Lipinski definition) is 1. The van der Waals surface area contributed by atoms with Crippen LogP contribution in [0.1, 0.15) is 50.1 Å². The second-order valence-electron chi connectivity index (χ2n) is 5.07. The van der Waals surface area contributed by atoms with Crippen molar-refractivity contribution >= 4 is 11.6 Å². The Morgan fingerprint density at radius 3 is 2.22 bits per heavy atom. The molecule has 0 aromatic heterocycles. The second kappa shape index (κ2) is 5.98. The zero-order chi connectivity index (χ0) is 13.1. The van der Waals surface area contributed by atoms with Gasteiger partial charge in [0.15, 0.2) is 11.6 Å². The van der Waals surface area contributed by atoms with E-state index in [2.05, 4.69) is 0 Å². The molecule has 1 fully saturated rings. The molecular formula is C14H18ClF2N. The molecule has 1 aromatic carbocycles. The lowest BCUT2D eigenvalue weighted by Crippen LogP contribution is -2.21. The molecule has 1 saturated carbocycles. The molecule has 2 N–H and O–H groups in total. The molecule has 18 heavy (non-hydrogen) atoms. The molecule has 0 heterocycles. The van der Waals surface area contributed by atoms with Crippen molar-refractivity contribution in [2.24, 2.45) is 11.7 Å². The fraction of sp³-hybridized carbons (Fsp3) is 0.571. The Bertz CT molecular complexity index is 415. The highest BCUT2D eigenvalue weighted by molar-refractivity contribution is 6.31. The number of benzene rings is 1. The van der Waals surface area contributed by atoms with Crippen LogP contribution in [0.5, 0.6) is 0 Å². The summed E-state index contributed by atoms with van der Waals surface area (Å²) in [4.78, 5) is 0. The third kappa shape index (κ3) is 3.01. The lowest BCUT2D eigenvalue weighted by molar-refractivity contribution is 0.380. The Labute approximate surface area is 111 Å². The molecular weight excluding hydrogens is 256 g/mol. The van der Waals surface area contributed by atoms with E-state index in [1.54, 1.807) is 0 Å². The van der Waals surface area contributed by atoms with Crippen LogP contribution in [0.25, 0.3) is 0 Å². The van der Waals surface area contributed by atoms with Crippen molar-refractivity contribution in [1.29, 1.82) is 0 Å². The molecule has 1 aliphatic rings. The van der Waals surface area contributed by atoms with Gasteiger partial charge in [0.1, 0.15) is 0 Å². The van der Waals surface area contributed by atoms with Gasteiger partial charge in [0, 0.05) is 11.1 Å². The van der Waals surface area contributed by atoms with Crippen molar-refractivity contribution in [3.63, 3.8) is 0 Å². The molecule has 1 aliphatic carbocycles. The van der Waals surface area contributed by atoms with E-state index in [4.69, 9.17) is 17.3 Å². The van der Waals surface area contributed by atoms with Gasteiger partial charge in [-0.05, 0) is 36.5 Å². The molecule has 0 spiro atoms. The van der Waals surface area contributed by atoms with E-state index in [1.165, 1.54) is 12.8 Å². The summed E-state index contributed by atoms with van der Waals surface area (Å²) < 4.78 is 26.3. The number of hydrogen-bond donors (Lipinski definition) is 1. The van der Waals surface area contributed by atoms with E-state index >= 15 is 0 Å². The standard InChI is InChI=1S/C14H18ClF2N/c15-11-8-13(17)12(16)7-10(11)14(18)9-5-3-1-2-4-6-9/h7-9,14H,1-6,18H2. The maximum Gasteiger partial charge on any atom is 0.160 e. The molecule has 4 heteroatoms. The number of rotatable bonds is 2. The second-order valence-corrected chi connectivity index (χ2v) is 5.47. The van der Waals surface area contributed by atoms with Gasteiger partial charge in [-0.15, -0.1) is 0 Å². The van der Waals surface area contributed by atoms with Crippen molar-refractivity contribution in [3.8, 4) is 0 Å². The van der Waals surface area contributed by atoms with E-state index in [9.17, 15) is 8.78 Å². The van der Waals surface area contributed by atoms with E-state index in [0.29, 0.717) is 11.5 Å². The molecule has 100 valence electrons. The van der Waals surface area contributed by atoms with E-state index in [1.807, 2.05) is 0 Å². The number of halogens is 3. The normalized spacial score (nSPS) is 19.6. The fourth-order valence-corrected chi connectivity index (χ4v) is 2.99. The Hall–Kier alpha value is -0.670. The SMILES string of the molecule is NC(c1cc(F)c(F)cc1Cl)C1CCCCCC1. The maximum atomic E-state index is 13.3. The summed E-state index contributed by atoms with van der Waals surface area (Å²) in [6.07, 6.45) is 6.84. The topological polar surface area (TPSA) is 26.0 Å². The molecule has 0 bridgehead atoms. The lowest BCUT2D eigenvalue weighted by atomic mass is 9.88. The van der Waals surface area contributed by atoms with Gasteiger partial charge in [0.05, 0.1) is 0 Å². The Balaban J connectivity index is 2.21. The summed E-state index contributed by atoms with van der Waals surface area (Å²) in [7, 11) is 0. The highest BCUT2D eigenvalue weighted by atomic mass is 35.5. The summed E-state index contributed by atoms with van der Waals surface area (Å²) >= 11 is 5.97. The largest absolute Gasteiger partial charge is 0.324 e. The Morgan fingerprint density at radius 2 is 1.61 bits per heavy atom. The Morgan fingerprint density at radius 1 is 1.06 bits per heavy atom. The number of nitrogens with two attached hydrogens (primary N) is 1. The summed E-state index contributed by atoms with van der Waals surface area (Å²) in [6.45, 7) is 0. The molecule has 1 unspecified atom stereocenters. The van der Waals surface area contributed by atoms with Gasteiger partial charge in [-0.3, -0.25) is 0 Å². The van der Waals surface area contributed by atoms with Gasteiger partial charge in [-0.1, -0.05) is 37.3 Å². The molecule has 0 amide bonds. The van der Waals surface area contributed by atoms with Crippen LogP contribution < -0.4 is 5.73 Å². The van der Waals surface area contributed by atoms with Crippen molar-refractivity contribution in [2.45, 2.75) is 44.6 Å². The van der Waals surface area contributed by atoms with E-state index < -0.39 is 11.6 Å². The third-order valence-electron chi connectivity index (χ3n) is 3.81. The van der Waals surface area contributed by atoms with Crippen molar-refractivity contribution < 1.29 is 8.78 Å². The predicted octanol–water partition coefficient (Wildman–Crippen LogP) is 4.59. The highest BCUT2D eigenvalue weighted by Gasteiger charge is 2.23. The monoisotopic (exact) mass is 273 g/mol. The first-order valence-corrected chi connectivity index (χ1v) is 6.87. The van der Waals surface area contributed by atoms with Crippen LogP contribution in [-0.2, 0) is 0 Å². The van der Waals surface area contributed by atoms with Gasteiger partial charge in [-0.25, -0.2) is 8.78 Å². The third-order valence-corrected chi connectivity index (χ3v) is 4.13. The smallest absolute Gasteiger partial charge is 0.160 e. The van der Waals surface area contributed by atoms with E-state index in [0.717, 1.165) is 37.8 Å². The van der Waals surface area contributed by atoms with Gasteiger partial charge < -0.3 is 5.73 Å². The van der Waals surface area contributed by atoms with Crippen molar-refractivity contribution in [2.75, 3.05) is 0 Å². The summed E-state index contributed by atoms with van der Waals surface area (Å²) in [6, 6.07) is 1.86. The van der Waals surface area contributed by atoms with Crippen LogP contribution in [-0.4, -0.2) is 0 Å². The van der Waals surface area contributed by atoms with Crippen molar-refractivity contribution in [3.05, 3.63) is 34.4 Å². The van der Waals surface area contributed by atoms with Crippen LogP contribution in [0, 0.1) is 17.6 Å². The van der Waals surface area contributed by atoms with Crippen LogP contribution in [0.2, 0.25) is 5.02 Å². The fourth-order valence-electron chi connectivity index (χ4n) is 2.72. The van der Waals surface area contributed by atoms with Gasteiger partial charge >= 0.3 is 0 Å². The van der Waals surface area contributed by atoms with Gasteiger partial charge in [-0.2, -0.15) is 0 Å². The summed E-state index contributed by atoms with van der Waals surface area (Å²) in [5, 5.41) is 0.227. The summed E-state index contributed by atoms with van der Waals surface area (Å²) in [5.41, 5.74) is 6.72. The van der Waals surface area contributed by atoms with Crippen molar-refractivity contribution in [1.82, 2.24) is 0 Å². The van der Waals surface area contributed by atoms with E-state index in [-0.39, 0.29) is 11.1 Å². The zero-order valence-corrected chi connectivity index (χ0v) is 11.0. The quantitative estimate of drug-likeness (QED) is 0.619. The van der Waals surface area contributed by atoms with Gasteiger partial charge in [0.2, 0.25) is 0 Å². The van der Waals surface area contributed by atoms with Gasteiger partial charge in [0.25, 0.3) is 0 Å². The van der Waals surface area contributed by atoms with Crippen LogP contribution in [0.3, 0.4) is 0 Å². The average molecular weight is 274 g/mol. The average Bonchev–Trinajstić information content (AvgIpc) is 2.61. The lowest BCUT2D eigenvalue weighted by Gasteiger charge is -2.23. The first-order valence-electron chi connectivity index (χ1n) is 6.49. The molecule has 1 atom stereocenters. The molecule has 2 rings (SSSR count). The maximum absolute atomic E-state index is 13.3. The Kier molecular flexibility index (Phi) is 4.57. The molecule has 1 aromatic rings. The summed E-state index contributed by atoms with van der Waals surface area (Å²) in [5.74, 6) is -1.48. The highest BCUT2D eigenvalue weighted by Crippen LogP contribution is 2.35. The minimum atomic E-state index is -0.920. The molecule has 0 radical (unpaired) electrons.